The second-order valence-electron chi connectivity index (χ2n) is 3.79. The lowest BCUT2D eigenvalue weighted by molar-refractivity contribution is 0.471. The van der Waals surface area contributed by atoms with Crippen LogP contribution in [0, 0.1) is 11.3 Å². The van der Waals surface area contributed by atoms with Gasteiger partial charge in [-0.2, -0.15) is 10.4 Å². The van der Waals surface area contributed by atoms with Crippen LogP contribution in [0.15, 0.2) is 42.7 Å². The fraction of sp³-hybridized carbons (Fsp3) is 0. The van der Waals surface area contributed by atoms with Gasteiger partial charge in [-0.1, -0.05) is 12.1 Å². The normalized spacial score (nSPS) is 10.4. The van der Waals surface area contributed by atoms with Crippen molar-refractivity contribution in [2.75, 3.05) is 0 Å². The highest BCUT2D eigenvalue weighted by Gasteiger charge is 2.09. The Labute approximate surface area is 103 Å². The third-order valence-electron chi connectivity index (χ3n) is 2.65. The molecule has 0 radical (unpaired) electrons. The van der Waals surface area contributed by atoms with Crippen molar-refractivity contribution in [1.29, 1.82) is 5.26 Å². The highest BCUT2D eigenvalue weighted by molar-refractivity contribution is 5.78. The second-order valence-corrected chi connectivity index (χ2v) is 3.79. The molecule has 0 saturated carbocycles. The number of para-hydroxylation sites is 2. The van der Waals surface area contributed by atoms with Crippen molar-refractivity contribution in [3.05, 3.63) is 48.3 Å². The van der Waals surface area contributed by atoms with Gasteiger partial charge in [0.2, 0.25) is 0 Å². The summed E-state index contributed by atoms with van der Waals surface area (Å²) in [5.74, 6) is 0.133. The number of benzene rings is 1. The maximum atomic E-state index is 9.80. The van der Waals surface area contributed by atoms with Crippen LogP contribution in [-0.4, -0.2) is 19.9 Å². The van der Waals surface area contributed by atoms with Gasteiger partial charge in [-0.15, -0.1) is 0 Å². The molecule has 18 heavy (non-hydrogen) atoms. The number of phenolic OH excluding ortho intramolecular Hbond substituents is 1. The van der Waals surface area contributed by atoms with Crippen LogP contribution >= 0.6 is 0 Å². The fourth-order valence-electron chi connectivity index (χ4n) is 1.80. The van der Waals surface area contributed by atoms with E-state index in [4.69, 9.17) is 5.26 Å². The Morgan fingerprint density at radius 3 is 2.83 bits per heavy atom. The van der Waals surface area contributed by atoms with Gasteiger partial charge in [0, 0.05) is 11.6 Å². The number of aromatic nitrogens is 3. The fourth-order valence-corrected chi connectivity index (χ4v) is 1.80. The minimum atomic E-state index is 0.133. The topological polar surface area (TPSA) is 74.7 Å². The monoisotopic (exact) mass is 236 g/mol. The number of hydrogen-bond acceptors (Lipinski definition) is 4. The first-order chi connectivity index (χ1) is 8.79. The Morgan fingerprint density at radius 1 is 1.22 bits per heavy atom. The molecule has 3 aromatic rings. The summed E-state index contributed by atoms with van der Waals surface area (Å²) >= 11 is 0. The first kappa shape index (κ1) is 10.3. The first-order valence-corrected chi connectivity index (χ1v) is 5.32. The van der Waals surface area contributed by atoms with E-state index in [0.717, 1.165) is 5.39 Å². The van der Waals surface area contributed by atoms with Gasteiger partial charge in [0.25, 0.3) is 0 Å². The van der Waals surface area contributed by atoms with Gasteiger partial charge in [0.05, 0.1) is 11.8 Å². The van der Waals surface area contributed by atoms with E-state index < -0.39 is 0 Å². The Kier molecular flexibility index (Phi) is 2.21. The Bertz CT molecular complexity index is 770. The smallest absolute Gasteiger partial charge is 0.163 e. The van der Waals surface area contributed by atoms with Crippen LogP contribution in [0.1, 0.15) is 5.56 Å². The Balaban J connectivity index is 2.26. The summed E-state index contributed by atoms with van der Waals surface area (Å²) < 4.78 is 1.55. The summed E-state index contributed by atoms with van der Waals surface area (Å²) in [6.07, 6.45) is 3.11. The molecule has 0 saturated heterocycles. The van der Waals surface area contributed by atoms with E-state index in [1.54, 1.807) is 35.1 Å². The van der Waals surface area contributed by atoms with Crippen LogP contribution in [0.3, 0.4) is 0 Å². The Hall–Kier alpha value is -2.87. The van der Waals surface area contributed by atoms with Crippen molar-refractivity contribution in [2.24, 2.45) is 0 Å². The second kappa shape index (κ2) is 3.86. The van der Waals surface area contributed by atoms with Crippen molar-refractivity contribution < 1.29 is 5.11 Å². The summed E-state index contributed by atoms with van der Waals surface area (Å²) in [6, 6.07) is 10.6. The van der Waals surface area contributed by atoms with Gasteiger partial charge in [0.1, 0.15) is 17.5 Å². The zero-order valence-electron chi connectivity index (χ0n) is 9.28. The highest BCUT2D eigenvalue weighted by Crippen LogP contribution is 2.23. The first-order valence-electron chi connectivity index (χ1n) is 5.32. The van der Waals surface area contributed by atoms with Crippen molar-refractivity contribution in [3.8, 4) is 17.5 Å². The maximum Gasteiger partial charge on any atom is 0.163 e. The van der Waals surface area contributed by atoms with Crippen molar-refractivity contribution >= 4 is 11.0 Å². The van der Waals surface area contributed by atoms with E-state index in [0.29, 0.717) is 16.9 Å². The molecule has 5 nitrogen and oxygen atoms in total. The molecular formula is C13H8N4O. The highest BCUT2D eigenvalue weighted by atomic mass is 16.3. The maximum absolute atomic E-state index is 9.80. The summed E-state index contributed by atoms with van der Waals surface area (Å²) in [7, 11) is 0. The molecule has 0 fully saturated rings. The summed E-state index contributed by atoms with van der Waals surface area (Å²) in [6.45, 7) is 0. The molecule has 2 aromatic heterocycles. The Morgan fingerprint density at radius 2 is 2.06 bits per heavy atom. The van der Waals surface area contributed by atoms with Gasteiger partial charge in [-0.3, -0.25) is 0 Å². The van der Waals surface area contributed by atoms with Gasteiger partial charge in [0.15, 0.2) is 5.65 Å². The van der Waals surface area contributed by atoms with Gasteiger partial charge in [-0.05, 0) is 18.2 Å². The zero-order valence-corrected chi connectivity index (χ0v) is 9.28. The van der Waals surface area contributed by atoms with Crippen LogP contribution in [0.5, 0.6) is 5.75 Å². The average molecular weight is 236 g/mol. The molecule has 86 valence electrons. The van der Waals surface area contributed by atoms with Crippen LogP contribution < -0.4 is 0 Å². The summed E-state index contributed by atoms with van der Waals surface area (Å²) in [5.41, 5.74) is 1.65. The van der Waals surface area contributed by atoms with E-state index in [1.165, 1.54) is 6.20 Å². The van der Waals surface area contributed by atoms with E-state index in [9.17, 15) is 5.11 Å². The molecule has 5 heteroatoms. The molecule has 1 aromatic carbocycles. The van der Waals surface area contributed by atoms with Crippen LogP contribution in [0.25, 0.3) is 16.7 Å². The minimum Gasteiger partial charge on any atom is -0.506 e. The third-order valence-corrected chi connectivity index (χ3v) is 2.65. The number of phenols is 1. The molecule has 0 atom stereocenters. The zero-order chi connectivity index (χ0) is 12.5. The molecular weight excluding hydrogens is 228 g/mol. The molecule has 1 N–H and O–H groups in total. The molecule has 0 unspecified atom stereocenters. The lowest BCUT2D eigenvalue weighted by atomic mass is 10.2. The van der Waals surface area contributed by atoms with E-state index in [-0.39, 0.29) is 5.75 Å². The number of fused-ring (bicyclic) bond motifs is 1. The lowest BCUT2D eigenvalue weighted by Gasteiger charge is -2.04. The lowest BCUT2D eigenvalue weighted by Crippen LogP contribution is -1.97. The predicted molar refractivity (Wildman–Crippen MR) is 65.2 cm³/mol. The molecule has 0 aliphatic carbocycles. The molecule has 3 rings (SSSR count). The number of aromatic hydroxyl groups is 1. The van der Waals surface area contributed by atoms with Gasteiger partial charge < -0.3 is 5.11 Å². The van der Waals surface area contributed by atoms with Crippen molar-refractivity contribution in [2.45, 2.75) is 0 Å². The van der Waals surface area contributed by atoms with Crippen molar-refractivity contribution in [3.63, 3.8) is 0 Å². The summed E-state index contributed by atoms with van der Waals surface area (Å²) in [4.78, 5) is 4.20. The van der Waals surface area contributed by atoms with E-state index in [1.807, 2.05) is 12.1 Å². The standard InChI is InChI=1S/C13H8N4O/c14-6-9-5-10-8-16-17(13(10)15-7-9)11-3-1-2-4-12(11)18/h1-5,7-8,18H. The molecule has 0 amide bonds. The minimum absolute atomic E-state index is 0.133. The van der Waals surface area contributed by atoms with Crippen LogP contribution in [0.4, 0.5) is 0 Å². The molecule has 0 bridgehead atoms. The van der Waals surface area contributed by atoms with E-state index >= 15 is 0 Å². The van der Waals surface area contributed by atoms with Crippen LogP contribution in [-0.2, 0) is 0 Å². The number of hydrogen-bond donors (Lipinski definition) is 1. The average Bonchev–Trinajstić information content (AvgIpc) is 2.82. The van der Waals surface area contributed by atoms with Gasteiger partial charge in [-0.25, -0.2) is 9.67 Å². The predicted octanol–water partition coefficient (Wildman–Crippen LogP) is 2.00. The van der Waals surface area contributed by atoms with Gasteiger partial charge >= 0.3 is 0 Å². The number of nitrogens with zero attached hydrogens (tertiary/aromatic N) is 4. The summed E-state index contributed by atoms with van der Waals surface area (Å²) in [5, 5.41) is 23.6. The largest absolute Gasteiger partial charge is 0.506 e. The van der Waals surface area contributed by atoms with Crippen molar-refractivity contribution in [1.82, 2.24) is 14.8 Å². The van der Waals surface area contributed by atoms with Crippen LogP contribution in [0.2, 0.25) is 0 Å². The molecule has 0 aliphatic heterocycles. The molecule has 2 heterocycles. The molecule has 0 spiro atoms. The number of nitriles is 1. The third kappa shape index (κ3) is 1.48. The van der Waals surface area contributed by atoms with E-state index in [2.05, 4.69) is 10.1 Å². The number of pyridine rings is 1. The quantitative estimate of drug-likeness (QED) is 0.701. The SMILES string of the molecule is N#Cc1cnc2c(cnn2-c2ccccc2O)c1. The molecule has 0 aliphatic rings. The number of rotatable bonds is 1.